The number of pyridine rings is 1. The Kier molecular flexibility index (Phi) is 5.39. The fourth-order valence-electron chi connectivity index (χ4n) is 3.31. The summed E-state index contributed by atoms with van der Waals surface area (Å²) in [5.41, 5.74) is 7.09. The van der Waals surface area contributed by atoms with E-state index in [1.165, 1.54) is 12.3 Å². The van der Waals surface area contributed by atoms with Crippen molar-refractivity contribution in [2.24, 2.45) is 0 Å². The average molecular weight is 370 g/mol. The minimum absolute atomic E-state index is 0.0302. The molecule has 7 heteroatoms. The predicted molar refractivity (Wildman–Crippen MR) is 101 cm³/mol. The first kappa shape index (κ1) is 18.8. The van der Waals surface area contributed by atoms with Gasteiger partial charge in [0.25, 0.3) is 5.91 Å². The van der Waals surface area contributed by atoms with E-state index in [-0.39, 0.29) is 17.6 Å². The van der Waals surface area contributed by atoms with Gasteiger partial charge in [-0.2, -0.15) is 0 Å². The molecule has 1 aliphatic rings. The van der Waals surface area contributed by atoms with Gasteiger partial charge in [0.2, 0.25) is 5.91 Å². The molecule has 0 unspecified atom stereocenters. The first-order valence-electron chi connectivity index (χ1n) is 8.99. The van der Waals surface area contributed by atoms with Gasteiger partial charge < -0.3 is 15.5 Å². The van der Waals surface area contributed by atoms with Gasteiger partial charge in [-0.1, -0.05) is 25.5 Å². The average Bonchev–Trinajstić information content (AvgIpc) is 2.67. The highest BCUT2D eigenvalue weighted by Gasteiger charge is 2.35. The Labute approximate surface area is 157 Å². The Morgan fingerprint density at radius 1 is 1.30 bits per heavy atom. The molecule has 1 atom stereocenters. The van der Waals surface area contributed by atoms with Crippen molar-refractivity contribution in [3.63, 3.8) is 0 Å². The molecule has 1 fully saturated rings. The molecule has 142 valence electrons. The third-order valence-electron chi connectivity index (χ3n) is 4.85. The van der Waals surface area contributed by atoms with Crippen molar-refractivity contribution in [1.29, 1.82) is 0 Å². The van der Waals surface area contributed by atoms with Crippen molar-refractivity contribution in [3.8, 4) is 11.1 Å². The maximum atomic E-state index is 13.7. The zero-order valence-corrected chi connectivity index (χ0v) is 15.5. The molecular weight excluding hydrogens is 347 g/mol. The van der Waals surface area contributed by atoms with Gasteiger partial charge in [-0.25, -0.2) is 9.37 Å². The minimum Gasteiger partial charge on any atom is -0.381 e. The number of nitrogens with two attached hydrogens (primary N) is 1. The van der Waals surface area contributed by atoms with Crippen LogP contribution in [0.5, 0.6) is 0 Å². The molecule has 1 aromatic heterocycles. The smallest absolute Gasteiger partial charge is 0.254 e. The largest absolute Gasteiger partial charge is 0.381 e. The fourth-order valence-corrected chi connectivity index (χ4v) is 3.31. The highest BCUT2D eigenvalue weighted by molar-refractivity contribution is 5.99. The van der Waals surface area contributed by atoms with Crippen LogP contribution in [0.15, 0.2) is 36.5 Å². The normalized spacial score (nSPS) is 17.3. The van der Waals surface area contributed by atoms with Crippen LogP contribution in [0.4, 0.5) is 10.2 Å². The number of hydrogen-bond acceptors (Lipinski definition) is 4. The third-order valence-corrected chi connectivity index (χ3v) is 4.85. The van der Waals surface area contributed by atoms with Crippen LogP contribution in [0.1, 0.15) is 30.1 Å². The number of anilines is 1. The van der Waals surface area contributed by atoms with E-state index in [0.29, 0.717) is 36.2 Å². The number of halogens is 1. The first-order chi connectivity index (χ1) is 12.9. The Morgan fingerprint density at radius 3 is 2.78 bits per heavy atom. The fraction of sp³-hybridized carbons (Fsp3) is 0.350. The second kappa shape index (κ2) is 7.73. The maximum Gasteiger partial charge on any atom is 0.254 e. The Morgan fingerprint density at radius 2 is 2.07 bits per heavy atom. The highest BCUT2D eigenvalue weighted by atomic mass is 19.1. The molecule has 6 nitrogen and oxygen atoms in total. The summed E-state index contributed by atoms with van der Waals surface area (Å²) < 4.78 is 13.7. The summed E-state index contributed by atoms with van der Waals surface area (Å²) in [6.07, 6.45) is 2.91. The lowest BCUT2D eigenvalue weighted by atomic mass is 10.0. The molecular formula is C20H23FN4O2. The van der Waals surface area contributed by atoms with Crippen molar-refractivity contribution in [3.05, 3.63) is 47.9 Å². The SMILES string of the molecule is CCC[C@@H]1C(=O)N(C)CCN1C(=O)c1cccc(-c2cnc(N)c(F)c2)c1. The van der Waals surface area contributed by atoms with Crippen LogP contribution in [0.25, 0.3) is 11.1 Å². The van der Waals surface area contributed by atoms with E-state index in [1.807, 2.05) is 6.92 Å². The van der Waals surface area contributed by atoms with Crippen LogP contribution in [-0.2, 0) is 4.79 Å². The molecule has 3 rings (SSSR count). The zero-order chi connectivity index (χ0) is 19.6. The summed E-state index contributed by atoms with van der Waals surface area (Å²) in [7, 11) is 1.76. The third kappa shape index (κ3) is 3.77. The Balaban J connectivity index is 1.90. The molecule has 27 heavy (non-hydrogen) atoms. The summed E-state index contributed by atoms with van der Waals surface area (Å²) in [4.78, 5) is 32.7. The number of nitrogens with zero attached hydrogens (tertiary/aromatic N) is 3. The monoisotopic (exact) mass is 370 g/mol. The second-order valence-electron chi connectivity index (χ2n) is 6.73. The minimum atomic E-state index is -0.600. The van der Waals surface area contributed by atoms with Crippen LogP contribution < -0.4 is 5.73 Å². The van der Waals surface area contributed by atoms with E-state index >= 15 is 0 Å². The van der Waals surface area contributed by atoms with Gasteiger partial charge in [0.1, 0.15) is 6.04 Å². The Hall–Kier alpha value is -2.96. The number of likely N-dealkylation sites (N-methyl/N-ethyl adjacent to an activating group) is 1. The Bertz CT molecular complexity index is 871. The quantitative estimate of drug-likeness (QED) is 0.897. The van der Waals surface area contributed by atoms with Crippen molar-refractivity contribution in [2.75, 3.05) is 25.9 Å². The van der Waals surface area contributed by atoms with Crippen LogP contribution in [0.3, 0.4) is 0 Å². The van der Waals surface area contributed by atoms with Gasteiger partial charge in [-0.15, -0.1) is 0 Å². The van der Waals surface area contributed by atoms with Crippen molar-refractivity contribution in [2.45, 2.75) is 25.8 Å². The van der Waals surface area contributed by atoms with Crippen molar-refractivity contribution >= 4 is 17.6 Å². The molecule has 2 amide bonds. The summed E-state index contributed by atoms with van der Waals surface area (Å²) in [6, 6.07) is 7.77. The number of carbonyl (C=O) groups is 2. The van der Waals surface area contributed by atoms with Gasteiger partial charge in [0, 0.05) is 37.5 Å². The number of carbonyl (C=O) groups excluding carboxylic acids is 2. The van der Waals surface area contributed by atoms with Crippen LogP contribution in [-0.4, -0.2) is 52.8 Å². The van der Waals surface area contributed by atoms with E-state index < -0.39 is 11.9 Å². The van der Waals surface area contributed by atoms with E-state index in [4.69, 9.17) is 5.73 Å². The molecule has 0 aliphatic carbocycles. The lowest BCUT2D eigenvalue weighted by molar-refractivity contribution is -0.138. The molecule has 1 aliphatic heterocycles. The molecule has 2 N–H and O–H groups in total. The highest BCUT2D eigenvalue weighted by Crippen LogP contribution is 2.24. The standard InChI is InChI=1S/C20H23FN4O2/c1-3-5-17-20(27)24(2)8-9-25(17)19(26)14-7-4-6-13(10-14)15-11-16(21)18(22)23-12-15/h4,6-7,10-12,17H,3,5,8-9H2,1-2H3,(H2,22,23)/t17-/m1/s1. The summed E-state index contributed by atoms with van der Waals surface area (Å²) in [6.45, 7) is 3.00. The molecule has 2 aromatic rings. The first-order valence-corrected chi connectivity index (χ1v) is 8.99. The van der Waals surface area contributed by atoms with Gasteiger partial charge in [0.15, 0.2) is 11.6 Å². The van der Waals surface area contributed by atoms with Crippen LogP contribution in [0.2, 0.25) is 0 Å². The molecule has 0 spiro atoms. The second-order valence-corrected chi connectivity index (χ2v) is 6.73. The number of piperazine rings is 1. The summed E-state index contributed by atoms with van der Waals surface area (Å²) >= 11 is 0. The lowest BCUT2D eigenvalue weighted by Gasteiger charge is -2.39. The van der Waals surface area contributed by atoms with Gasteiger partial charge in [0.05, 0.1) is 0 Å². The number of amides is 2. The van der Waals surface area contributed by atoms with Gasteiger partial charge in [-0.3, -0.25) is 9.59 Å². The van der Waals surface area contributed by atoms with E-state index in [9.17, 15) is 14.0 Å². The number of rotatable bonds is 4. The van der Waals surface area contributed by atoms with Gasteiger partial charge >= 0.3 is 0 Å². The van der Waals surface area contributed by atoms with E-state index in [0.717, 1.165) is 6.42 Å². The lowest BCUT2D eigenvalue weighted by Crippen LogP contribution is -2.57. The molecule has 0 saturated carbocycles. The van der Waals surface area contributed by atoms with Gasteiger partial charge in [-0.05, 0) is 30.2 Å². The van der Waals surface area contributed by atoms with E-state index in [2.05, 4.69) is 4.98 Å². The maximum absolute atomic E-state index is 13.7. The molecule has 0 radical (unpaired) electrons. The number of hydrogen-bond donors (Lipinski definition) is 1. The van der Waals surface area contributed by atoms with Crippen molar-refractivity contribution < 1.29 is 14.0 Å². The molecule has 0 bridgehead atoms. The summed E-state index contributed by atoms with van der Waals surface area (Å²) in [5.74, 6) is -0.987. The van der Waals surface area contributed by atoms with Crippen LogP contribution in [0, 0.1) is 5.82 Å². The molecule has 2 heterocycles. The molecule has 1 aromatic carbocycles. The summed E-state index contributed by atoms with van der Waals surface area (Å²) in [5, 5.41) is 0. The van der Waals surface area contributed by atoms with Crippen LogP contribution >= 0.6 is 0 Å². The molecule has 1 saturated heterocycles. The predicted octanol–water partition coefficient (Wildman–Crippen LogP) is 2.55. The van der Waals surface area contributed by atoms with Crippen molar-refractivity contribution in [1.82, 2.24) is 14.8 Å². The topological polar surface area (TPSA) is 79.5 Å². The number of aromatic nitrogens is 1. The zero-order valence-electron chi connectivity index (χ0n) is 15.5. The number of nitrogen functional groups attached to an aromatic ring is 1. The van der Waals surface area contributed by atoms with E-state index in [1.54, 1.807) is 41.1 Å². The number of benzene rings is 1.